The van der Waals surface area contributed by atoms with Gasteiger partial charge in [-0.15, -0.1) is 0 Å². The Kier molecular flexibility index (Phi) is 9.74. The Bertz CT molecular complexity index is 1850. The first-order valence-electron chi connectivity index (χ1n) is 15.5. The second-order valence-corrected chi connectivity index (χ2v) is 14.8. The molecule has 0 bridgehead atoms. The van der Waals surface area contributed by atoms with Gasteiger partial charge in [0.15, 0.2) is 5.03 Å². The Morgan fingerprint density at radius 2 is 1.78 bits per heavy atom. The van der Waals surface area contributed by atoms with E-state index in [1.165, 1.54) is 6.07 Å². The van der Waals surface area contributed by atoms with Gasteiger partial charge in [-0.25, -0.2) is 19.7 Å². The van der Waals surface area contributed by atoms with Gasteiger partial charge >= 0.3 is 6.09 Å². The van der Waals surface area contributed by atoms with E-state index in [4.69, 9.17) is 21.3 Å². The summed E-state index contributed by atoms with van der Waals surface area (Å²) in [6.45, 7) is 9.50. The molecule has 2 N–H and O–H groups in total. The molecule has 1 aliphatic rings. The average Bonchev–Trinajstić information content (AvgIpc) is 3.00. The minimum Gasteiger partial charge on any atom is -0.444 e. The van der Waals surface area contributed by atoms with Gasteiger partial charge in [-0.1, -0.05) is 30.7 Å². The lowest BCUT2D eigenvalue weighted by molar-refractivity contribution is 0.0185. The van der Waals surface area contributed by atoms with Crippen molar-refractivity contribution in [2.24, 2.45) is 0 Å². The van der Waals surface area contributed by atoms with Crippen molar-refractivity contribution in [2.45, 2.75) is 89.4 Å². The Balaban J connectivity index is 1.30. The van der Waals surface area contributed by atoms with Crippen molar-refractivity contribution in [3.05, 3.63) is 71.0 Å². The van der Waals surface area contributed by atoms with Crippen LogP contribution in [0.5, 0.6) is 0 Å². The number of nitrogens with zero attached hydrogens (tertiary/aromatic N) is 4. The van der Waals surface area contributed by atoms with Crippen LogP contribution in [0, 0.1) is 6.92 Å². The molecule has 4 aromatic rings. The molecule has 2 aromatic heterocycles. The molecule has 1 fully saturated rings. The number of carbonyl (C=O) groups is 1. The predicted molar refractivity (Wildman–Crippen MR) is 183 cm³/mol. The minimum absolute atomic E-state index is 0.0882. The normalized spacial score (nSPS) is 17.0. The average molecular weight is 665 g/mol. The number of anilines is 2. The first kappa shape index (κ1) is 33.4. The summed E-state index contributed by atoms with van der Waals surface area (Å²) in [7, 11) is -2.12. The summed E-state index contributed by atoms with van der Waals surface area (Å²) in [5.74, 6) is 0.581. The molecule has 1 aliphatic carbocycles. The lowest BCUT2D eigenvalue weighted by atomic mass is 9.90. The van der Waals surface area contributed by atoms with Gasteiger partial charge in [-0.05, 0) is 107 Å². The van der Waals surface area contributed by atoms with Gasteiger partial charge in [0.05, 0.1) is 16.2 Å². The number of nitrogens with one attached hydrogen (secondary N) is 2. The van der Waals surface area contributed by atoms with Crippen LogP contribution in [0.2, 0.25) is 5.02 Å². The van der Waals surface area contributed by atoms with Crippen LogP contribution < -0.4 is 10.0 Å². The first-order valence-corrected chi connectivity index (χ1v) is 17.4. The summed E-state index contributed by atoms with van der Waals surface area (Å²) in [4.78, 5) is 28.2. The topological polar surface area (TPSA) is 126 Å². The highest BCUT2D eigenvalue weighted by Gasteiger charge is 2.29. The maximum absolute atomic E-state index is 13.0. The Hall–Kier alpha value is -3.96. The maximum Gasteiger partial charge on any atom is 0.410 e. The zero-order valence-electron chi connectivity index (χ0n) is 27.1. The van der Waals surface area contributed by atoms with Crippen molar-refractivity contribution in [1.29, 1.82) is 0 Å². The number of sulfonamides is 1. The number of rotatable bonds is 8. The summed E-state index contributed by atoms with van der Waals surface area (Å²) in [6, 6.07) is 14.4. The molecule has 2 heterocycles. The number of hydrogen-bond acceptors (Lipinski definition) is 8. The molecule has 0 saturated heterocycles. The lowest BCUT2D eigenvalue weighted by Gasteiger charge is -2.35. The van der Waals surface area contributed by atoms with E-state index >= 15 is 0 Å². The van der Waals surface area contributed by atoms with Gasteiger partial charge in [0.25, 0.3) is 10.0 Å². The summed E-state index contributed by atoms with van der Waals surface area (Å²) in [5, 5.41) is 4.61. The van der Waals surface area contributed by atoms with Gasteiger partial charge in [0.1, 0.15) is 5.60 Å². The molecule has 10 nitrogen and oxygen atoms in total. The van der Waals surface area contributed by atoms with Crippen molar-refractivity contribution in [1.82, 2.24) is 19.9 Å². The summed E-state index contributed by atoms with van der Waals surface area (Å²) in [5.41, 5.74) is 4.01. The van der Waals surface area contributed by atoms with E-state index in [9.17, 15) is 13.2 Å². The maximum atomic E-state index is 13.0. The number of pyridine rings is 1. The number of fused-ring (bicyclic) bond motifs is 1. The number of benzene rings is 2. The SMILES string of the molecule is CCc1cc(-c2ccc(S(=O)(=O)Nc3ccccc3Cl)nc2C)cc2cnc(NC3CCC(N(C)C(=O)OC(C)(C)C)CC3)nc12. The van der Waals surface area contributed by atoms with Crippen LogP contribution >= 0.6 is 11.6 Å². The molecule has 0 aliphatic heterocycles. The van der Waals surface area contributed by atoms with Gasteiger partial charge in [-0.3, -0.25) is 4.72 Å². The second kappa shape index (κ2) is 13.4. The van der Waals surface area contributed by atoms with Gasteiger partial charge in [0, 0.05) is 42.0 Å². The van der Waals surface area contributed by atoms with Gasteiger partial charge < -0.3 is 15.0 Å². The molecule has 2 aromatic carbocycles. The van der Waals surface area contributed by atoms with Gasteiger partial charge in [0.2, 0.25) is 5.95 Å². The van der Waals surface area contributed by atoms with E-state index in [0.29, 0.717) is 22.4 Å². The molecule has 1 amide bonds. The van der Waals surface area contributed by atoms with Crippen LogP contribution in [0.4, 0.5) is 16.4 Å². The number of hydrogen-bond donors (Lipinski definition) is 2. The zero-order valence-corrected chi connectivity index (χ0v) is 28.7. The third kappa shape index (κ3) is 7.70. The summed E-state index contributed by atoms with van der Waals surface area (Å²) >= 11 is 6.15. The Morgan fingerprint density at radius 3 is 2.43 bits per heavy atom. The number of amides is 1. The number of halogens is 1. The second-order valence-electron chi connectivity index (χ2n) is 12.7. The Labute approximate surface area is 276 Å². The zero-order chi connectivity index (χ0) is 33.2. The van der Waals surface area contributed by atoms with Crippen LogP contribution in [0.1, 0.15) is 64.6 Å². The van der Waals surface area contributed by atoms with E-state index in [1.807, 2.05) is 40.1 Å². The van der Waals surface area contributed by atoms with Crippen LogP contribution in [-0.2, 0) is 21.2 Å². The summed E-state index contributed by atoms with van der Waals surface area (Å²) < 4.78 is 34.2. The molecule has 1 saturated carbocycles. The van der Waals surface area contributed by atoms with Crippen LogP contribution in [0.15, 0.2) is 59.8 Å². The fraction of sp³-hybridized carbons (Fsp3) is 0.412. The smallest absolute Gasteiger partial charge is 0.410 e. The van der Waals surface area contributed by atoms with Gasteiger partial charge in [-0.2, -0.15) is 8.42 Å². The number of para-hydroxylation sites is 1. The van der Waals surface area contributed by atoms with Crippen molar-refractivity contribution in [3.63, 3.8) is 0 Å². The van der Waals surface area contributed by atoms with Crippen LogP contribution in [0.25, 0.3) is 22.0 Å². The summed E-state index contributed by atoms with van der Waals surface area (Å²) in [6.07, 6.45) is 5.82. The highest BCUT2D eigenvalue weighted by atomic mass is 35.5. The largest absolute Gasteiger partial charge is 0.444 e. The fourth-order valence-corrected chi connectivity index (χ4v) is 7.04. The van der Waals surface area contributed by atoms with E-state index in [1.54, 1.807) is 42.2 Å². The predicted octanol–water partition coefficient (Wildman–Crippen LogP) is 7.61. The highest BCUT2D eigenvalue weighted by molar-refractivity contribution is 7.92. The van der Waals surface area contributed by atoms with Crippen molar-refractivity contribution in [2.75, 3.05) is 17.1 Å². The van der Waals surface area contributed by atoms with Crippen LogP contribution in [-0.4, -0.2) is 59.1 Å². The number of ether oxygens (including phenoxy) is 1. The van der Waals surface area contributed by atoms with Crippen LogP contribution in [0.3, 0.4) is 0 Å². The molecule has 0 unspecified atom stereocenters. The quantitative estimate of drug-likeness (QED) is 0.197. The number of aromatic nitrogens is 3. The molecule has 12 heteroatoms. The highest BCUT2D eigenvalue weighted by Crippen LogP contribution is 2.32. The third-order valence-electron chi connectivity index (χ3n) is 8.17. The fourth-order valence-electron chi connectivity index (χ4n) is 5.72. The first-order chi connectivity index (χ1) is 21.7. The standard InChI is InChI=1S/C34H41ClN6O4S/c1-7-22-18-23(27-16-17-30(37-21(27)2)46(43,44)40-29-11-9-8-10-28(29)35)19-24-20-36-32(39-31(22)24)38-25-12-14-26(15-13-25)41(6)33(42)45-34(3,4)5/h8-11,16-20,25-26,40H,7,12-15H2,1-6H3,(H,36,38,39). The van der Waals surface area contributed by atoms with Crippen molar-refractivity contribution in [3.8, 4) is 11.1 Å². The number of carbonyl (C=O) groups excluding carboxylic acids is 1. The molecule has 0 radical (unpaired) electrons. The monoisotopic (exact) mass is 664 g/mol. The third-order valence-corrected chi connectivity index (χ3v) is 9.76. The molecule has 244 valence electrons. The van der Waals surface area contributed by atoms with E-state index < -0.39 is 15.6 Å². The molecule has 46 heavy (non-hydrogen) atoms. The van der Waals surface area contributed by atoms with E-state index in [-0.39, 0.29) is 23.2 Å². The molecule has 5 rings (SSSR count). The van der Waals surface area contributed by atoms with Crippen molar-refractivity contribution >= 4 is 50.3 Å². The van der Waals surface area contributed by atoms with Crippen molar-refractivity contribution < 1.29 is 17.9 Å². The molecular formula is C34H41ClN6O4S. The number of aryl methyl sites for hydroxylation is 2. The minimum atomic E-state index is -3.94. The molecule has 0 atom stereocenters. The molecular weight excluding hydrogens is 624 g/mol. The van der Waals surface area contributed by atoms with E-state index in [0.717, 1.165) is 59.7 Å². The Morgan fingerprint density at radius 1 is 1.07 bits per heavy atom. The van der Waals surface area contributed by atoms with E-state index in [2.05, 4.69) is 33.0 Å². The lowest BCUT2D eigenvalue weighted by Crippen LogP contribution is -2.43. The molecule has 0 spiro atoms.